The highest BCUT2D eigenvalue weighted by Gasteiger charge is 2.52. The highest BCUT2D eigenvalue weighted by Crippen LogP contribution is 2.35. The Morgan fingerprint density at radius 1 is 1.21 bits per heavy atom. The molecule has 0 bridgehead atoms. The van der Waals surface area contributed by atoms with Gasteiger partial charge < -0.3 is 15.4 Å². The first-order valence-corrected chi connectivity index (χ1v) is 10.4. The molecule has 1 spiro atoms. The molecule has 3 fully saturated rings. The molecular weight excluding hydrogens is 362 g/mol. The average molecular weight is 393 g/mol. The molecule has 8 heteroatoms. The van der Waals surface area contributed by atoms with Gasteiger partial charge in [0.05, 0.1) is 0 Å². The van der Waals surface area contributed by atoms with Gasteiger partial charge in [-0.1, -0.05) is 39.5 Å². The van der Waals surface area contributed by atoms with Gasteiger partial charge in [0.15, 0.2) is 6.10 Å². The summed E-state index contributed by atoms with van der Waals surface area (Å²) in [6.07, 6.45) is 5.12. The number of imide groups is 1. The summed E-state index contributed by atoms with van der Waals surface area (Å²) in [4.78, 5) is 50.3. The van der Waals surface area contributed by atoms with Crippen molar-refractivity contribution < 1.29 is 23.9 Å². The topological polar surface area (TPSA) is 105 Å². The van der Waals surface area contributed by atoms with Crippen LogP contribution in [-0.4, -0.2) is 52.9 Å². The van der Waals surface area contributed by atoms with Gasteiger partial charge >= 0.3 is 12.0 Å². The summed E-state index contributed by atoms with van der Waals surface area (Å²) < 4.78 is 5.20. The number of hydrogen-bond acceptors (Lipinski definition) is 5. The Morgan fingerprint density at radius 3 is 2.57 bits per heavy atom. The van der Waals surface area contributed by atoms with Crippen LogP contribution in [0.25, 0.3) is 0 Å². The molecule has 1 aliphatic heterocycles. The Balaban J connectivity index is 1.51. The van der Waals surface area contributed by atoms with Crippen LogP contribution in [0.2, 0.25) is 0 Å². The molecule has 4 atom stereocenters. The van der Waals surface area contributed by atoms with Crippen molar-refractivity contribution in [2.45, 2.75) is 83.4 Å². The first-order valence-electron chi connectivity index (χ1n) is 10.4. The summed E-state index contributed by atoms with van der Waals surface area (Å²) in [5.41, 5.74) is -0.853. The molecule has 1 heterocycles. The van der Waals surface area contributed by atoms with Crippen molar-refractivity contribution in [3.63, 3.8) is 0 Å². The summed E-state index contributed by atoms with van der Waals surface area (Å²) in [5.74, 6) is -0.558. The van der Waals surface area contributed by atoms with Crippen molar-refractivity contribution in [2.75, 3.05) is 6.54 Å². The lowest BCUT2D eigenvalue weighted by atomic mass is 9.78. The number of rotatable bonds is 5. The van der Waals surface area contributed by atoms with E-state index < -0.39 is 30.2 Å². The van der Waals surface area contributed by atoms with Crippen molar-refractivity contribution in [3.05, 3.63) is 0 Å². The lowest BCUT2D eigenvalue weighted by molar-refractivity contribution is -0.157. The van der Waals surface area contributed by atoms with Crippen LogP contribution in [0.15, 0.2) is 0 Å². The van der Waals surface area contributed by atoms with E-state index in [1.165, 1.54) is 6.92 Å². The van der Waals surface area contributed by atoms with Gasteiger partial charge in [0.1, 0.15) is 12.1 Å². The van der Waals surface area contributed by atoms with Crippen molar-refractivity contribution in [2.24, 2.45) is 11.8 Å². The Bertz CT molecular complexity index is 658. The fourth-order valence-corrected chi connectivity index (χ4v) is 4.64. The molecule has 3 aliphatic rings. The monoisotopic (exact) mass is 393 g/mol. The van der Waals surface area contributed by atoms with Gasteiger partial charge in [-0.15, -0.1) is 0 Å². The predicted molar refractivity (Wildman–Crippen MR) is 101 cm³/mol. The molecule has 8 nitrogen and oxygen atoms in total. The van der Waals surface area contributed by atoms with Crippen LogP contribution in [0.3, 0.4) is 0 Å². The number of hydrogen-bond donors (Lipinski definition) is 2. The van der Waals surface area contributed by atoms with Crippen molar-refractivity contribution in [3.8, 4) is 0 Å². The number of carbonyl (C=O) groups is 4. The van der Waals surface area contributed by atoms with E-state index in [4.69, 9.17) is 4.74 Å². The number of ether oxygens (including phenoxy) is 1. The van der Waals surface area contributed by atoms with E-state index in [0.29, 0.717) is 24.7 Å². The van der Waals surface area contributed by atoms with E-state index in [9.17, 15) is 19.2 Å². The Hall–Kier alpha value is -2.12. The number of nitrogens with one attached hydrogen (secondary N) is 2. The minimum Gasteiger partial charge on any atom is -0.451 e. The zero-order chi connectivity index (χ0) is 20.5. The maximum atomic E-state index is 12.6. The first-order chi connectivity index (χ1) is 13.2. The van der Waals surface area contributed by atoms with Gasteiger partial charge in [-0.3, -0.25) is 19.3 Å². The van der Waals surface area contributed by atoms with E-state index >= 15 is 0 Å². The lowest BCUT2D eigenvalue weighted by Crippen LogP contribution is -2.48. The minimum absolute atomic E-state index is 0.0746. The Kier molecular flexibility index (Phi) is 5.95. The Labute approximate surface area is 165 Å². The summed E-state index contributed by atoms with van der Waals surface area (Å²) in [6.45, 7) is 5.35. The lowest BCUT2D eigenvalue weighted by Gasteiger charge is -2.35. The fourth-order valence-electron chi connectivity index (χ4n) is 4.64. The van der Waals surface area contributed by atoms with Crippen molar-refractivity contribution >= 4 is 23.8 Å². The second kappa shape index (κ2) is 8.09. The summed E-state index contributed by atoms with van der Waals surface area (Å²) in [7, 11) is 0. The van der Waals surface area contributed by atoms with E-state index in [1.807, 2.05) is 0 Å². The van der Waals surface area contributed by atoms with Crippen LogP contribution in [0, 0.1) is 11.8 Å². The molecule has 0 aromatic rings. The van der Waals surface area contributed by atoms with E-state index in [-0.39, 0.29) is 17.9 Å². The molecule has 2 N–H and O–H groups in total. The fraction of sp³-hybridized carbons (Fsp3) is 0.800. The normalized spacial score (nSPS) is 30.2. The minimum atomic E-state index is -0.974. The first kappa shape index (κ1) is 20.6. The van der Waals surface area contributed by atoms with Gasteiger partial charge in [-0.25, -0.2) is 4.79 Å². The van der Waals surface area contributed by atoms with Crippen LogP contribution in [0.1, 0.15) is 65.7 Å². The number of nitrogens with zero attached hydrogens (tertiary/aromatic N) is 1. The largest absolute Gasteiger partial charge is 0.451 e. The van der Waals surface area contributed by atoms with Crippen molar-refractivity contribution in [1.29, 1.82) is 0 Å². The molecule has 1 saturated heterocycles. The van der Waals surface area contributed by atoms with Crippen LogP contribution >= 0.6 is 0 Å². The number of carbonyl (C=O) groups excluding carboxylic acids is 4. The van der Waals surface area contributed by atoms with E-state index in [0.717, 1.165) is 37.0 Å². The molecule has 0 radical (unpaired) electrons. The second-order valence-electron chi connectivity index (χ2n) is 8.63. The third-order valence-electron chi connectivity index (χ3n) is 6.70. The zero-order valence-corrected chi connectivity index (χ0v) is 17.0. The van der Waals surface area contributed by atoms with E-state index in [2.05, 4.69) is 24.5 Å². The molecular formula is C20H31N3O5. The van der Waals surface area contributed by atoms with Gasteiger partial charge in [-0.2, -0.15) is 0 Å². The van der Waals surface area contributed by atoms with Gasteiger partial charge in [-0.05, 0) is 38.0 Å². The summed E-state index contributed by atoms with van der Waals surface area (Å²) in [5, 5.41) is 5.70. The second-order valence-corrected chi connectivity index (χ2v) is 8.63. The molecule has 0 aromatic heterocycles. The standard InChI is InChI=1S/C20H31N3O5/c1-12-7-6-8-15(13(12)2)21-17(25)14(3)28-16(24)11-23-18(26)20(22-19(23)27)9-4-5-10-20/h12-15H,4-11H2,1-3H3,(H,21,25)(H,22,27)/t12-,13+,14+,15-/m0/s1. The predicted octanol–water partition coefficient (Wildman–Crippen LogP) is 1.72. The van der Waals surface area contributed by atoms with Gasteiger partial charge in [0.2, 0.25) is 0 Å². The molecule has 3 rings (SSSR count). The molecule has 28 heavy (non-hydrogen) atoms. The SMILES string of the molecule is C[C@H]1[C@@H](NC(=O)[C@@H](C)OC(=O)CN2C(=O)NC3(CCCC3)C2=O)CCC[C@@H]1C. The van der Waals surface area contributed by atoms with Crippen LogP contribution in [0.4, 0.5) is 4.79 Å². The molecule has 4 amide bonds. The molecule has 156 valence electrons. The highest BCUT2D eigenvalue weighted by molar-refractivity contribution is 6.08. The maximum Gasteiger partial charge on any atom is 0.327 e. The van der Waals surface area contributed by atoms with Crippen molar-refractivity contribution in [1.82, 2.24) is 15.5 Å². The molecule has 0 aromatic carbocycles. The highest BCUT2D eigenvalue weighted by atomic mass is 16.5. The third kappa shape index (κ3) is 4.00. The number of esters is 1. The van der Waals surface area contributed by atoms with Gasteiger partial charge in [0, 0.05) is 6.04 Å². The van der Waals surface area contributed by atoms with Gasteiger partial charge in [0.25, 0.3) is 11.8 Å². The van der Waals surface area contributed by atoms with Crippen LogP contribution in [0.5, 0.6) is 0 Å². The number of amides is 4. The third-order valence-corrected chi connectivity index (χ3v) is 6.70. The Morgan fingerprint density at radius 2 is 1.89 bits per heavy atom. The molecule has 2 aliphatic carbocycles. The maximum absolute atomic E-state index is 12.6. The smallest absolute Gasteiger partial charge is 0.327 e. The summed E-state index contributed by atoms with van der Waals surface area (Å²) >= 11 is 0. The summed E-state index contributed by atoms with van der Waals surface area (Å²) in [6, 6.07) is -0.489. The molecule has 0 unspecified atom stereocenters. The quantitative estimate of drug-likeness (QED) is 0.547. The van der Waals surface area contributed by atoms with Crippen LogP contribution in [-0.2, 0) is 19.1 Å². The van der Waals surface area contributed by atoms with Crippen LogP contribution < -0.4 is 10.6 Å². The molecule has 2 saturated carbocycles. The zero-order valence-electron chi connectivity index (χ0n) is 17.0. The van der Waals surface area contributed by atoms with E-state index in [1.54, 1.807) is 0 Å². The average Bonchev–Trinajstić information content (AvgIpc) is 3.20. The number of urea groups is 1.